The Hall–Kier alpha value is -2.64. The van der Waals surface area contributed by atoms with Crippen molar-refractivity contribution in [3.63, 3.8) is 0 Å². The van der Waals surface area contributed by atoms with E-state index in [1.54, 1.807) is 4.90 Å². The summed E-state index contributed by atoms with van der Waals surface area (Å²) in [6, 6.07) is 1.96. The molecule has 0 bridgehead atoms. The largest absolute Gasteiger partial charge is 0.345 e. The highest BCUT2D eigenvalue weighted by Crippen LogP contribution is 2.33. The van der Waals surface area contributed by atoms with E-state index in [2.05, 4.69) is 21.3 Å². The van der Waals surface area contributed by atoms with Gasteiger partial charge in [-0.15, -0.1) is 0 Å². The first-order chi connectivity index (χ1) is 13.1. The first-order valence-corrected chi connectivity index (χ1v) is 9.59. The highest BCUT2D eigenvalue weighted by molar-refractivity contribution is 5.76. The fourth-order valence-corrected chi connectivity index (χ4v) is 4.43. The maximum absolute atomic E-state index is 13.5. The van der Waals surface area contributed by atoms with Crippen LogP contribution in [0.2, 0.25) is 0 Å². The van der Waals surface area contributed by atoms with E-state index >= 15 is 0 Å². The predicted octanol–water partition coefficient (Wildman–Crippen LogP) is 2.80. The van der Waals surface area contributed by atoms with Crippen LogP contribution in [-0.4, -0.2) is 67.5 Å². The van der Waals surface area contributed by atoms with Crippen molar-refractivity contribution in [2.45, 2.75) is 31.9 Å². The Bertz CT molecular complexity index is 997. The van der Waals surface area contributed by atoms with Crippen LogP contribution < -0.4 is 0 Å². The Labute approximate surface area is 156 Å². The third kappa shape index (κ3) is 2.65. The number of hydrogen-bond acceptors (Lipinski definition) is 3. The molecule has 0 radical (unpaired) electrons. The van der Waals surface area contributed by atoms with Crippen LogP contribution in [0.15, 0.2) is 24.7 Å². The number of carbonyl (C=O) groups excluding carboxylic acids is 1. The maximum Gasteiger partial charge on any atom is 0.320 e. The number of fused-ring (bicyclic) bond motifs is 3. The van der Waals surface area contributed by atoms with Crippen LogP contribution >= 0.6 is 0 Å². The predicted molar refractivity (Wildman–Crippen MR) is 99.4 cm³/mol. The molecule has 2 amide bonds. The van der Waals surface area contributed by atoms with Gasteiger partial charge in [0.05, 0.1) is 30.0 Å². The first kappa shape index (κ1) is 16.5. The number of hydrogen-bond donors (Lipinski definition) is 1. The fraction of sp³-hybridized carbons (Fsp3) is 0.526. The topological polar surface area (TPSA) is 69.5 Å². The minimum absolute atomic E-state index is 0.0404. The number of alkyl halides is 1. The van der Waals surface area contributed by atoms with E-state index in [0.29, 0.717) is 32.0 Å². The van der Waals surface area contributed by atoms with Crippen molar-refractivity contribution >= 4 is 22.7 Å². The lowest BCUT2D eigenvalue weighted by Gasteiger charge is -2.38. The smallest absolute Gasteiger partial charge is 0.320 e. The van der Waals surface area contributed by atoms with Gasteiger partial charge in [0.2, 0.25) is 0 Å². The molecule has 8 heteroatoms. The molecule has 5 heterocycles. The van der Waals surface area contributed by atoms with E-state index in [-0.39, 0.29) is 18.5 Å². The molecule has 1 N–H and O–H groups in total. The van der Waals surface area contributed by atoms with E-state index in [1.165, 1.54) is 0 Å². The third-order valence-corrected chi connectivity index (χ3v) is 6.05. The second-order valence-corrected chi connectivity index (χ2v) is 7.78. The fourth-order valence-electron chi connectivity index (χ4n) is 4.43. The van der Waals surface area contributed by atoms with Crippen LogP contribution in [0.4, 0.5) is 9.18 Å². The molecule has 3 aromatic rings. The summed E-state index contributed by atoms with van der Waals surface area (Å²) in [6.07, 6.45) is 6.01. The number of imidazole rings is 1. The van der Waals surface area contributed by atoms with Crippen LogP contribution in [0.3, 0.4) is 0 Å². The molecule has 3 unspecified atom stereocenters. The quantitative estimate of drug-likeness (QED) is 0.716. The van der Waals surface area contributed by atoms with E-state index in [0.717, 1.165) is 28.9 Å². The minimum atomic E-state index is -0.890. The highest BCUT2D eigenvalue weighted by atomic mass is 19.1. The van der Waals surface area contributed by atoms with Crippen molar-refractivity contribution in [2.24, 2.45) is 5.92 Å². The van der Waals surface area contributed by atoms with Crippen LogP contribution in [0.25, 0.3) is 16.7 Å². The van der Waals surface area contributed by atoms with Gasteiger partial charge in [0.1, 0.15) is 12.0 Å². The molecular weight excluding hydrogens is 347 g/mol. The number of urea groups is 1. The summed E-state index contributed by atoms with van der Waals surface area (Å²) >= 11 is 0. The minimum Gasteiger partial charge on any atom is -0.345 e. The zero-order valence-electron chi connectivity index (χ0n) is 15.3. The Morgan fingerprint density at radius 3 is 2.78 bits per heavy atom. The summed E-state index contributed by atoms with van der Waals surface area (Å²) in [5, 5.41) is 0. The number of likely N-dealkylation sites (tertiary alicyclic amines) is 2. The average Bonchev–Trinajstić information content (AvgIpc) is 3.39. The van der Waals surface area contributed by atoms with Gasteiger partial charge >= 0.3 is 6.03 Å². The summed E-state index contributed by atoms with van der Waals surface area (Å²) in [4.78, 5) is 28.6. The monoisotopic (exact) mass is 370 g/mol. The molecule has 27 heavy (non-hydrogen) atoms. The lowest BCUT2D eigenvalue weighted by atomic mass is 9.86. The standard InChI is InChI=1S/C19H23FN6O/c1-12-3-6-25(19(27)24-7-4-13(20)10-24)11-15(12)18-23-9-14-8-22-17-16(26(14)18)2-5-21-17/h2,5,8-9,12-13,15,21H,3-4,6-7,10-11H2,1H3. The Morgan fingerprint density at radius 2 is 1.96 bits per heavy atom. The molecule has 2 aliphatic heterocycles. The van der Waals surface area contributed by atoms with Gasteiger partial charge in [-0.3, -0.25) is 4.40 Å². The number of aromatic amines is 1. The number of H-pyrrole nitrogens is 1. The molecule has 3 aromatic heterocycles. The lowest BCUT2D eigenvalue weighted by Crippen LogP contribution is -2.48. The first-order valence-electron chi connectivity index (χ1n) is 9.59. The summed E-state index contributed by atoms with van der Waals surface area (Å²) in [5.74, 6) is 1.51. The van der Waals surface area contributed by atoms with Crippen molar-refractivity contribution in [1.82, 2.24) is 29.2 Å². The molecule has 0 aromatic carbocycles. The Morgan fingerprint density at radius 1 is 1.19 bits per heavy atom. The highest BCUT2D eigenvalue weighted by Gasteiger charge is 2.36. The number of carbonyl (C=O) groups is 1. The average molecular weight is 370 g/mol. The van der Waals surface area contributed by atoms with Crippen molar-refractivity contribution in [2.75, 3.05) is 26.2 Å². The molecule has 142 valence electrons. The Kier molecular flexibility index (Phi) is 3.80. The van der Waals surface area contributed by atoms with Gasteiger partial charge < -0.3 is 14.8 Å². The summed E-state index contributed by atoms with van der Waals surface area (Å²) in [7, 11) is 0. The number of halogens is 1. The van der Waals surface area contributed by atoms with Gasteiger partial charge in [-0.25, -0.2) is 19.2 Å². The summed E-state index contributed by atoms with van der Waals surface area (Å²) in [6.45, 7) is 4.28. The third-order valence-electron chi connectivity index (χ3n) is 6.05. The zero-order valence-corrected chi connectivity index (χ0v) is 15.3. The molecule has 2 fully saturated rings. The van der Waals surface area contributed by atoms with Gasteiger partial charge in [0.25, 0.3) is 0 Å². The van der Waals surface area contributed by atoms with E-state index < -0.39 is 6.17 Å². The van der Waals surface area contributed by atoms with Gasteiger partial charge in [-0.1, -0.05) is 6.92 Å². The lowest BCUT2D eigenvalue weighted by molar-refractivity contribution is 0.129. The molecule has 5 rings (SSSR count). The van der Waals surface area contributed by atoms with Crippen LogP contribution in [0, 0.1) is 5.92 Å². The van der Waals surface area contributed by atoms with E-state index in [1.807, 2.05) is 29.6 Å². The molecule has 2 saturated heterocycles. The number of nitrogens with zero attached hydrogens (tertiary/aromatic N) is 5. The van der Waals surface area contributed by atoms with Gasteiger partial charge in [-0.2, -0.15) is 0 Å². The Balaban J connectivity index is 1.48. The van der Waals surface area contributed by atoms with Crippen LogP contribution in [0.1, 0.15) is 31.5 Å². The number of piperidine rings is 1. The molecule has 0 aliphatic carbocycles. The molecule has 7 nitrogen and oxygen atoms in total. The molecule has 2 aliphatic rings. The number of aromatic nitrogens is 4. The van der Waals surface area contributed by atoms with Gasteiger partial charge in [0, 0.05) is 31.7 Å². The van der Waals surface area contributed by atoms with Crippen LogP contribution in [0.5, 0.6) is 0 Å². The normalized spacial score (nSPS) is 26.4. The van der Waals surface area contributed by atoms with Crippen molar-refractivity contribution in [1.29, 1.82) is 0 Å². The molecule has 0 spiro atoms. The number of rotatable bonds is 1. The van der Waals surface area contributed by atoms with Gasteiger partial charge in [0.15, 0.2) is 5.65 Å². The zero-order chi connectivity index (χ0) is 18.5. The number of nitrogens with one attached hydrogen (secondary N) is 1. The maximum atomic E-state index is 13.5. The molecular formula is C19H23FN6O. The molecule has 0 saturated carbocycles. The van der Waals surface area contributed by atoms with Crippen molar-refractivity contribution < 1.29 is 9.18 Å². The second-order valence-electron chi connectivity index (χ2n) is 7.78. The SMILES string of the molecule is CC1CCN(C(=O)N2CCC(F)C2)CC1c1ncc2cnc3[nH]ccc3n12. The van der Waals surface area contributed by atoms with E-state index in [4.69, 9.17) is 4.98 Å². The summed E-state index contributed by atoms with van der Waals surface area (Å²) < 4.78 is 15.7. The van der Waals surface area contributed by atoms with Crippen LogP contribution in [-0.2, 0) is 0 Å². The summed E-state index contributed by atoms with van der Waals surface area (Å²) in [5.41, 5.74) is 2.77. The molecule has 3 atom stereocenters. The van der Waals surface area contributed by atoms with E-state index in [9.17, 15) is 9.18 Å². The second kappa shape index (κ2) is 6.21. The van der Waals surface area contributed by atoms with Gasteiger partial charge in [-0.05, 0) is 24.8 Å². The number of amides is 2. The van der Waals surface area contributed by atoms with Crippen molar-refractivity contribution in [3.8, 4) is 0 Å². The van der Waals surface area contributed by atoms with Crippen molar-refractivity contribution in [3.05, 3.63) is 30.5 Å².